The zero-order valence-electron chi connectivity index (χ0n) is 17.0. The Labute approximate surface area is 170 Å². The van der Waals surface area contributed by atoms with Gasteiger partial charge in [0, 0.05) is 24.5 Å². The number of rotatable bonds is 6. The molecule has 7 nitrogen and oxygen atoms in total. The van der Waals surface area contributed by atoms with E-state index in [1.165, 1.54) is 6.08 Å². The monoisotopic (exact) mass is 393 g/mol. The first kappa shape index (κ1) is 20.8. The van der Waals surface area contributed by atoms with Crippen LogP contribution in [0.25, 0.3) is 10.9 Å². The van der Waals surface area contributed by atoms with E-state index in [9.17, 15) is 14.9 Å². The van der Waals surface area contributed by atoms with Crippen LogP contribution >= 0.6 is 0 Å². The predicted molar refractivity (Wildman–Crippen MR) is 115 cm³/mol. The third-order valence-corrected chi connectivity index (χ3v) is 5.36. The number of carbonyl (C=O) groups is 1. The molecule has 2 heterocycles. The van der Waals surface area contributed by atoms with Gasteiger partial charge in [-0.3, -0.25) is 9.59 Å². The Morgan fingerprint density at radius 1 is 1.34 bits per heavy atom. The van der Waals surface area contributed by atoms with E-state index >= 15 is 0 Å². The molecule has 1 N–H and O–H groups in total. The van der Waals surface area contributed by atoms with Crippen molar-refractivity contribution in [1.82, 2.24) is 14.8 Å². The highest BCUT2D eigenvalue weighted by Gasteiger charge is 2.30. The van der Waals surface area contributed by atoms with Gasteiger partial charge < -0.3 is 19.7 Å². The molecule has 0 aliphatic carbocycles. The van der Waals surface area contributed by atoms with Crippen LogP contribution in [0.1, 0.15) is 18.4 Å². The molecule has 0 bridgehead atoms. The van der Waals surface area contributed by atoms with Crippen molar-refractivity contribution in [1.29, 1.82) is 5.26 Å². The maximum Gasteiger partial charge on any atom is 0.271 e. The zero-order chi connectivity index (χ0) is 21.0. The van der Waals surface area contributed by atoms with E-state index in [2.05, 4.69) is 18.0 Å². The predicted octanol–water partition coefficient (Wildman–Crippen LogP) is 1.71. The topological polar surface area (TPSA) is 81.4 Å². The molecule has 152 valence electrons. The van der Waals surface area contributed by atoms with Crippen LogP contribution in [0.5, 0.6) is 0 Å². The molecule has 0 saturated carbocycles. The SMILES string of the molecule is C=CC(=O)N(c1c(C#N)c(=O)n(CCN(C)C)c2ccccc12)C1CCNCC1. The number of para-hydroxylation sites is 1. The van der Waals surface area contributed by atoms with Gasteiger partial charge in [-0.2, -0.15) is 5.26 Å². The highest BCUT2D eigenvalue weighted by molar-refractivity contribution is 6.09. The van der Waals surface area contributed by atoms with Crippen LogP contribution < -0.4 is 15.8 Å². The van der Waals surface area contributed by atoms with E-state index in [0.717, 1.165) is 36.8 Å². The van der Waals surface area contributed by atoms with Gasteiger partial charge in [0.2, 0.25) is 0 Å². The molecule has 7 heteroatoms. The molecular formula is C22H27N5O2. The summed E-state index contributed by atoms with van der Waals surface area (Å²) in [5, 5.41) is 13.9. The van der Waals surface area contributed by atoms with Crippen molar-refractivity contribution >= 4 is 22.5 Å². The molecule has 0 radical (unpaired) electrons. The summed E-state index contributed by atoms with van der Waals surface area (Å²) in [6.07, 6.45) is 2.76. The van der Waals surface area contributed by atoms with Gasteiger partial charge in [-0.1, -0.05) is 24.8 Å². The molecule has 1 fully saturated rings. The summed E-state index contributed by atoms with van der Waals surface area (Å²) in [6, 6.07) is 9.49. The lowest BCUT2D eigenvalue weighted by molar-refractivity contribution is -0.114. The van der Waals surface area contributed by atoms with Crippen molar-refractivity contribution in [2.45, 2.75) is 25.4 Å². The van der Waals surface area contributed by atoms with Crippen molar-refractivity contribution in [2.75, 3.05) is 38.6 Å². The number of piperidine rings is 1. The van der Waals surface area contributed by atoms with Crippen LogP contribution in [0.3, 0.4) is 0 Å². The maximum atomic E-state index is 13.3. The van der Waals surface area contributed by atoms with Crippen LogP contribution in [-0.4, -0.2) is 55.1 Å². The van der Waals surface area contributed by atoms with Crippen molar-refractivity contribution < 1.29 is 4.79 Å². The summed E-state index contributed by atoms with van der Waals surface area (Å²) in [5.74, 6) is -0.288. The second kappa shape index (κ2) is 9.03. The highest BCUT2D eigenvalue weighted by Crippen LogP contribution is 2.32. The lowest BCUT2D eigenvalue weighted by Gasteiger charge is -2.35. The summed E-state index contributed by atoms with van der Waals surface area (Å²) in [5.41, 5.74) is 0.783. The molecule has 0 atom stereocenters. The first-order chi connectivity index (χ1) is 14.0. The maximum absolute atomic E-state index is 13.3. The van der Waals surface area contributed by atoms with Crippen molar-refractivity contribution in [3.05, 3.63) is 52.8 Å². The van der Waals surface area contributed by atoms with Crippen LogP contribution in [0.2, 0.25) is 0 Å². The summed E-state index contributed by atoms with van der Waals surface area (Å²) in [6.45, 7) is 6.34. The molecule has 1 aromatic heterocycles. The summed E-state index contributed by atoms with van der Waals surface area (Å²) in [7, 11) is 3.88. The number of nitrogens with one attached hydrogen (secondary N) is 1. The van der Waals surface area contributed by atoms with Crippen molar-refractivity contribution in [3.63, 3.8) is 0 Å². The van der Waals surface area contributed by atoms with Gasteiger partial charge in [0.15, 0.2) is 0 Å². The molecular weight excluding hydrogens is 366 g/mol. The Morgan fingerprint density at radius 3 is 2.66 bits per heavy atom. The summed E-state index contributed by atoms with van der Waals surface area (Å²) in [4.78, 5) is 29.8. The largest absolute Gasteiger partial charge is 0.317 e. The average Bonchev–Trinajstić information content (AvgIpc) is 2.74. The van der Waals surface area contributed by atoms with E-state index in [-0.39, 0.29) is 23.1 Å². The number of nitriles is 1. The third kappa shape index (κ3) is 4.09. The van der Waals surface area contributed by atoms with Crippen LogP contribution in [0.15, 0.2) is 41.7 Å². The van der Waals surface area contributed by atoms with Gasteiger partial charge in [0.1, 0.15) is 11.6 Å². The number of nitrogens with zero attached hydrogens (tertiary/aromatic N) is 4. The fourth-order valence-electron chi connectivity index (χ4n) is 3.90. The molecule has 29 heavy (non-hydrogen) atoms. The minimum Gasteiger partial charge on any atom is -0.317 e. The Hall–Kier alpha value is -2.95. The Bertz CT molecular complexity index is 1010. The second-order valence-corrected chi connectivity index (χ2v) is 7.51. The number of benzene rings is 1. The minimum absolute atomic E-state index is 0.0104. The zero-order valence-corrected chi connectivity index (χ0v) is 17.0. The first-order valence-corrected chi connectivity index (χ1v) is 9.86. The van der Waals surface area contributed by atoms with Gasteiger partial charge in [0.05, 0.1) is 11.2 Å². The summed E-state index contributed by atoms with van der Waals surface area (Å²) < 4.78 is 1.64. The number of fused-ring (bicyclic) bond motifs is 1. The molecule has 3 rings (SSSR count). The van der Waals surface area contributed by atoms with Crippen molar-refractivity contribution in [2.24, 2.45) is 0 Å². The fourth-order valence-corrected chi connectivity index (χ4v) is 3.90. The summed E-state index contributed by atoms with van der Waals surface area (Å²) >= 11 is 0. The quantitative estimate of drug-likeness (QED) is 0.756. The van der Waals surface area contributed by atoms with Gasteiger partial charge >= 0.3 is 0 Å². The lowest BCUT2D eigenvalue weighted by atomic mass is 10.00. The Kier molecular flexibility index (Phi) is 6.47. The highest BCUT2D eigenvalue weighted by atomic mass is 16.2. The smallest absolute Gasteiger partial charge is 0.271 e. The van der Waals surface area contributed by atoms with Crippen LogP contribution in [-0.2, 0) is 11.3 Å². The van der Waals surface area contributed by atoms with Gasteiger partial charge in [0.25, 0.3) is 11.5 Å². The minimum atomic E-state index is -0.362. The van der Waals surface area contributed by atoms with E-state index in [0.29, 0.717) is 18.8 Å². The number of amides is 1. The van der Waals surface area contributed by atoms with Crippen LogP contribution in [0.4, 0.5) is 5.69 Å². The molecule has 1 aliphatic rings. The molecule has 0 unspecified atom stereocenters. The number of aromatic nitrogens is 1. The van der Waals surface area contributed by atoms with E-state index in [1.54, 1.807) is 9.47 Å². The standard InChI is InChI=1S/C22H27N5O2/c1-4-20(28)27(16-9-11-24-12-10-16)21-17-7-5-6-8-19(17)26(14-13-25(2)3)22(29)18(21)15-23/h4-8,16,24H,1,9-14H2,2-3H3. The first-order valence-electron chi connectivity index (χ1n) is 9.86. The fraction of sp³-hybridized carbons (Fsp3) is 0.409. The number of pyridine rings is 1. The van der Waals surface area contributed by atoms with Crippen LogP contribution in [0, 0.1) is 11.3 Å². The van der Waals surface area contributed by atoms with E-state index in [4.69, 9.17) is 0 Å². The van der Waals surface area contributed by atoms with Gasteiger partial charge in [-0.25, -0.2) is 0 Å². The Balaban J connectivity index is 2.29. The normalized spacial score (nSPS) is 14.7. The molecule has 1 aromatic carbocycles. The number of carbonyl (C=O) groups excluding carboxylic acids is 1. The molecule has 1 saturated heterocycles. The molecule has 0 spiro atoms. The second-order valence-electron chi connectivity index (χ2n) is 7.51. The molecule has 2 aromatic rings. The van der Waals surface area contributed by atoms with E-state index < -0.39 is 0 Å². The number of hydrogen-bond acceptors (Lipinski definition) is 5. The van der Waals surface area contributed by atoms with Gasteiger partial charge in [-0.15, -0.1) is 0 Å². The van der Waals surface area contributed by atoms with Gasteiger partial charge in [-0.05, 0) is 52.2 Å². The third-order valence-electron chi connectivity index (χ3n) is 5.36. The average molecular weight is 393 g/mol. The molecule has 1 aliphatic heterocycles. The van der Waals surface area contributed by atoms with Crippen molar-refractivity contribution in [3.8, 4) is 6.07 Å². The van der Waals surface area contributed by atoms with E-state index in [1.807, 2.05) is 43.3 Å². The number of hydrogen-bond donors (Lipinski definition) is 1. The molecule has 1 amide bonds. The Morgan fingerprint density at radius 2 is 2.03 bits per heavy atom. The number of likely N-dealkylation sites (N-methyl/N-ethyl adjacent to an activating group) is 1. The lowest BCUT2D eigenvalue weighted by Crippen LogP contribution is -2.47. The number of anilines is 1.